The van der Waals surface area contributed by atoms with E-state index in [0.717, 1.165) is 12.1 Å². The third-order valence-electron chi connectivity index (χ3n) is 2.58. The minimum Gasteiger partial charge on any atom is -0.480 e. The second kappa shape index (κ2) is 4.77. The lowest BCUT2D eigenvalue weighted by Gasteiger charge is -2.10. The Labute approximate surface area is 112 Å². The third-order valence-corrected chi connectivity index (χ3v) is 2.88. The number of nitrogens with zero attached hydrogens (tertiary/aromatic N) is 2. The van der Waals surface area contributed by atoms with Crippen LogP contribution in [0, 0.1) is 6.92 Å². The first-order chi connectivity index (χ1) is 8.82. The second-order valence-electron chi connectivity index (χ2n) is 3.90. The minimum absolute atomic E-state index is 0.0244. The maximum absolute atomic E-state index is 12.5. The zero-order chi connectivity index (χ0) is 14.2. The first-order valence-corrected chi connectivity index (χ1v) is 5.68. The van der Waals surface area contributed by atoms with Crippen molar-refractivity contribution in [2.75, 3.05) is 7.11 Å². The average Bonchev–Trinajstić information content (AvgIpc) is 2.69. The minimum atomic E-state index is -4.42. The Morgan fingerprint density at radius 1 is 1.26 bits per heavy atom. The van der Waals surface area contributed by atoms with E-state index in [0.29, 0.717) is 17.3 Å². The van der Waals surface area contributed by atoms with Crippen molar-refractivity contribution in [2.24, 2.45) is 0 Å². The van der Waals surface area contributed by atoms with E-state index in [2.05, 4.69) is 5.10 Å². The summed E-state index contributed by atoms with van der Waals surface area (Å²) in [5, 5.41) is 4.06. The highest BCUT2D eigenvalue weighted by atomic mass is 35.5. The molecule has 0 radical (unpaired) electrons. The van der Waals surface area contributed by atoms with E-state index >= 15 is 0 Å². The molecule has 0 spiro atoms. The lowest BCUT2D eigenvalue weighted by atomic mass is 10.2. The molecule has 0 aliphatic rings. The fourth-order valence-electron chi connectivity index (χ4n) is 1.64. The Morgan fingerprint density at radius 2 is 1.95 bits per heavy atom. The van der Waals surface area contributed by atoms with E-state index in [4.69, 9.17) is 16.3 Å². The molecule has 0 bridgehead atoms. The summed E-state index contributed by atoms with van der Waals surface area (Å²) in [5.41, 5.74) is 0.284. The van der Waals surface area contributed by atoms with Gasteiger partial charge in [-0.1, -0.05) is 11.6 Å². The van der Waals surface area contributed by atoms with Crippen LogP contribution in [-0.2, 0) is 6.18 Å². The van der Waals surface area contributed by atoms with Gasteiger partial charge in [-0.25, -0.2) is 4.68 Å². The predicted molar refractivity (Wildman–Crippen MR) is 64.9 cm³/mol. The van der Waals surface area contributed by atoms with Gasteiger partial charge >= 0.3 is 6.18 Å². The Morgan fingerprint density at radius 3 is 2.42 bits per heavy atom. The van der Waals surface area contributed by atoms with Crippen molar-refractivity contribution in [3.8, 4) is 11.6 Å². The summed E-state index contributed by atoms with van der Waals surface area (Å²) < 4.78 is 44.0. The second-order valence-corrected chi connectivity index (χ2v) is 4.31. The predicted octanol–water partition coefficient (Wildman–Crippen LogP) is 3.86. The molecule has 3 nitrogen and oxygen atoms in total. The number of hydrogen-bond donors (Lipinski definition) is 0. The highest BCUT2D eigenvalue weighted by Gasteiger charge is 2.31. The topological polar surface area (TPSA) is 27.1 Å². The first kappa shape index (κ1) is 13.7. The van der Waals surface area contributed by atoms with Crippen LogP contribution in [0.15, 0.2) is 24.3 Å². The monoisotopic (exact) mass is 290 g/mol. The maximum Gasteiger partial charge on any atom is 0.416 e. The number of aryl methyl sites for hydroxylation is 1. The molecule has 0 saturated carbocycles. The number of halogens is 4. The van der Waals surface area contributed by atoms with E-state index in [9.17, 15) is 13.2 Å². The average molecular weight is 291 g/mol. The number of rotatable bonds is 2. The molecular formula is C12H10ClF3N2O. The van der Waals surface area contributed by atoms with E-state index in [1.165, 1.54) is 17.9 Å². The third kappa shape index (κ3) is 2.68. The molecule has 0 atom stereocenters. The Bertz CT molecular complexity index is 608. The molecule has 1 aromatic heterocycles. The van der Waals surface area contributed by atoms with Crippen molar-refractivity contribution in [3.05, 3.63) is 40.5 Å². The zero-order valence-corrected chi connectivity index (χ0v) is 10.9. The highest BCUT2D eigenvalue weighted by Crippen LogP contribution is 2.33. The first-order valence-electron chi connectivity index (χ1n) is 5.30. The van der Waals surface area contributed by atoms with Crippen LogP contribution in [0.5, 0.6) is 5.88 Å². The quantitative estimate of drug-likeness (QED) is 0.840. The summed E-state index contributed by atoms with van der Waals surface area (Å²) >= 11 is 5.89. The Hall–Kier alpha value is -1.69. The smallest absolute Gasteiger partial charge is 0.416 e. The maximum atomic E-state index is 12.5. The van der Waals surface area contributed by atoms with Crippen molar-refractivity contribution in [1.29, 1.82) is 0 Å². The zero-order valence-electron chi connectivity index (χ0n) is 10.1. The summed E-state index contributed by atoms with van der Waals surface area (Å²) in [6.45, 7) is 1.75. The molecule has 2 aromatic rings. The molecule has 102 valence electrons. The molecule has 2 rings (SSSR count). The van der Waals surface area contributed by atoms with Gasteiger partial charge in [0.1, 0.15) is 0 Å². The van der Waals surface area contributed by atoms with Crippen molar-refractivity contribution in [2.45, 2.75) is 13.1 Å². The molecule has 7 heteroatoms. The fourth-order valence-corrected chi connectivity index (χ4v) is 1.91. The number of benzene rings is 1. The summed E-state index contributed by atoms with van der Waals surface area (Å²) in [4.78, 5) is 0. The molecule has 0 N–H and O–H groups in total. The van der Waals surface area contributed by atoms with Crippen LogP contribution >= 0.6 is 11.6 Å². The van der Waals surface area contributed by atoms with Crippen LogP contribution < -0.4 is 4.74 Å². The van der Waals surface area contributed by atoms with Crippen LogP contribution in [0.1, 0.15) is 11.3 Å². The van der Waals surface area contributed by atoms with E-state index < -0.39 is 11.7 Å². The number of aromatic nitrogens is 2. The van der Waals surface area contributed by atoms with Gasteiger partial charge in [0.15, 0.2) is 0 Å². The van der Waals surface area contributed by atoms with Crippen molar-refractivity contribution in [1.82, 2.24) is 9.78 Å². The molecule has 0 unspecified atom stereocenters. The lowest BCUT2D eigenvalue weighted by Crippen LogP contribution is -2.06. The van der Waals surface area contributed by atoms with Gasteiger partial charge < -0.3 is 4.74 Å². The normalized spacial score (nSPS) is 11.7. The molecule has 0 saturated heterocycles. The molecular weight excluding hydrogens is 281 g/mol. The van der Waals surface area contributed by atoms with Gasteiger partial charge in [0.25, 0.3) is 0 Å². The number of hydrogen-bond acceptors (Lipinski definition) is 2. The van der Waals surface area contributed by atoms with Crippen LogP contribution in [-0.4, -0.2) is 16.9 Å². The SMILES string of the molecule is COc1cc(C)n(-c2ccc(C(F)(F)F)cc2Cl)n1. The van der Waals surface area contributed by atoms with Crippen molar-refractivity contribution in [3.63, 3.8) is 0 Å². The van der Waals surface area contributed by atoms with Gasteiger partial charge in [0, 0.05) is 11.8 Å². The van der Waals surface area contributed by atoms with Gasteiger partial charge in [-0.3, -0.25) is 0 Å². The number of alkyl halides is 3. The highest BCUT2D eigenvalue weighted by molar-refractivity contribution is 6.32. The van der Waals surface area contributed by atoms with Crippen LogP contribution in [0.4, 0.5) is 13.2 Å². The summed E-state index contributed by atoms with van der Waals surface area (Å²) in [6.07, 6.45) is -4.42. The Balaban J connectivity index is 2.49. The molecule has 0 aliphatic carbocycles. The summed E-state index contributed by atoms with van der Waals surface area (Å²) in [7, 11) is 1.46. The van der Waals surface area contributed by atoms with Gasteiger partial charge in [0.05, 0.1) is 23.4 Å². The van der Waals surface area contributed by atoms with Crippen LogP contribution in [0.25, 0.3) is 5.69 Å². The van der Waals surface area contributed by atoms with Crippen molar-refractivity contribution >= 4 is 11.6 Å². The fraction of sp³-hybridized carbons (Fsp3) is 0.250. The molecule has 19 heavy (non-hydrogen) atoms. The van der Waals surface area contributed by atoms with Gasteiger partial charge in [-0.05, 0) is 25.1 Å². The van der Waals surface area contributed by atoms with Crippen molar-refractivity contribution < 1.29 is 17.9 Å². The standard InChI is InChI=1S/C12H10ClF3N2O/c1-7-5-11(19-2)17-18(7)10-4-3-8(6-9(10)13)12(14,15)16/h3-6H,1-2H3. The molecule has 1 heterocycles. The largest absolute Gasteiger partial charge is 0.480 e. The molecule has 1 aromatic carbocycles. The molecule has 0 aliphatic heterocycles. The van der Waals surface area contributed by atoms with E-state index in [-0.39, 0.29) is 5.02 Å². The van der Waals surface area contributed by atoms with Crippen LogP contribution in [0.3, 0.4) is 0 Å². The molecule has 0 fully saturated rings. The van der Waals surface area contributed by atoms with E-state index in [1.807, 2.05) is 0 Å². The number of methoxy groups -OCH3 is 1. The lowest BCUT2D eigenvalue weighted by molar-refractivity contribution is -0.137. The Kier molecular flexibility index (Phi) is 3.45. The van der Waals surface area contributed by atoms with Crippen LogP contribution in [0.2, 0.25) is 5.02 Å². The number of ether oxygens (including phenoxy) is 1. The summed E-state index contributed by atoms with van der Waals surface area (Å²) in [5.74, 6) is 0.369. The van der Waals surface area contributed by atoms with E-state index in [1.54, 1.807) is 13.0 Å². The van der Waals surface area contributed by atoms with Gasteiger partial charge in [0.2, 0.25) is 5.88 Å². The van der Waals surface area contributed by atoms with Gasteiger partial charge in [-0.15, -0.1) is 5.10 Å². The summed E-state index contributed by atoms with van der Waals surface area (Å²) in [6, 6.07) is 4.79. The molecule has 0 amide bonds. The van der Waals surface area contributed by atoms with Gasteiger partial charge in [-0.2, -0.15) is 13.2 Å².